The summed E-state index contributed by atoms with van der Waals surface area (Å²) < 4.78 is 6.75. The maximum Gasteiger partial charge on any atom is 0.304 e. The molecule has 0 saturated carbocycles. The van der Waals surface area contributed by atoms with Crippen molar-refractivity contribution in [3.63, 3.8) is 0 Å². The van der Waals surface area contributed by atoms with Crippen LogP contribution in [0.4, 0.5) is 0 Å². The van der Waals surface area contributed by atoms with E-state index >= 15 is 0 Å². The zero-order valence-electron chi connectivity index (χ0n) is 24.1. The summed E-state index contributed by atoms with van der Waals surface area (Å²) in [6, 6.07) is 15.9. The highest BCUT2D eigenvalue weighted by Gasteiger charge is 2.17. The fourth-order valence-corrected chi connectivity index (χ4v) is 4.56. The van der Waals surface area contributed by atoms with E-state index in [2.05, 4.69) is 22.3 Å². The molecule has 2 aromatic carbocycles. The Morgan fingerprint density at radius 2 is 1.78 bits per heavy atom. The van der Waals surface area contributed by atoms with Crippen LogP contribution in [0.15, 0.2) is 53.3 Å². The van der Waals surface area contributed by atoms with E-state index in [-0.39, 0.29) is 12.3 Å². The topological polar surface area (TPSA) is 108 Å². The number of ether oxygens (including phenoxy) is 1. The fraction of sp³-hybridized carbons (Fsp3) is 0.367. The minimum atomic E-state index is -0.418. The molecule has 4 aromatic rings. The van der Waals surface area contributed by atoms with Crippen molar-refractivity contribution in [2.45, 2.75) is 59.7 Å². The van der Waals surface area contributed by atoms with Gasteiger partial charge in [-0.1, -0.05) is 74.1 Å². The molecule has 0 bridgehead atoms. The standard InChI is InChI=1S/C30H35N7O3S/c1-6-7-12-27-31-20(2)26(17-28(41)35(4)5)30(39)36(27)18-22-13-15-23(16-14-22)24-10-8-9-11-25(24)29-32-34-37(33-29)19-40-21(3)38/h8-11,13-16H,6-7,12,17-19H2,1-5H3. The third-order valence-electron chi connectivity index (χ3n) is 6.74. The molecule has 41 heavy (non-hydrogen) atoms. The number of rotatable bonds is 11. The molecule has 0 atom stereocenters. The minimum Gasteiger partial charge on any atom is -0.441 e. The summed E-state index contributed by atoms with van der Waals surface area (Å²) in [6.45, 7) is 5.67. The van der Waals surface area contributed by atoms with Crippen molar-refractivity contribution in [2.75, 3.05) is 14.1 Å². The van der Waals surface area contributed by atoms with Crippen LogP contribution >= 0.6 is 12.2 Å². The number of likely N-dealkylation sites (N-methyl/N-ethyl adjacent to an activating group) is 1. The Hall–Kier alpha value is -4.25. The van der Waals surface area contributed by atoms with Crippen molar-refractivity contribution in [1.82, 2.24) is 34.7 Å². The Labute approximate surface area is 245 Å². The SMILES string of the molecule is CCCCc1nc(C)c(CC(=S)N(C)C)c(=O)n1Cc1ccc(-c2ccccc2-c2nnn(COC(C)=O)n2)cc1. The van der Waals surface area contributed by atoms with E-state index in [9.17, 15) is 9.59 Å². The van der Waals surface area contributed by atoms with Gasteiger partial charge in [-0.15, -0.1) is 15.0 Å². The van der Waals surface area contributed by atoms with Crippen LogP contribution in [0.1, 0.15) is 49.3 Å². The van der Waals surface area contributed by atoms with Crippen LogP contribution in [0.5, 0.6) is 0 Å². The fourth-order valence-electron chi connectivity index (χ4n) is 4.41. The Kier molecular flexibility index (Phi) is 9.72. The molecular weight excluding hydrogens is 538 g/mol. The van der Waals surface area contributed by atoms with Crippen molar-refractivity contribution in [3.8, 4) is 22.5 Å². The molecule has 0 spiro atoms. The summed E-state index contributed by atoms with van der Waals surface area (Å²) in [5.41, 5.74) is 5.04. The average Bonchev–Trinajstić information content (AvgIpc) is 3.44. The number of tetrazole rings is 1. The molecular formula is C30H35N7O3S. The van der Waals surface area contributed by atoms with Gasteiger partial charge in [0, 0.05) is 50.7 Å². The molecule has 0 fully saturated rings. The Morgan fingerprint density at radius 3 is 2.44 bits per heavy atom. The smallest absolute Gasteiger partial charge is 0.304 e. The van der Waals surface area contributed by atoms with Gasteiger partial charge in [0.2, 0.25) is 12.6 Å². The molecule has 214 valence electrons. The average molecular weight is 574 g/mol. The predicted molar refractivity (Wildman–Crippen MR) is 161 cm³/mol. The number of aromatic nitrogens is 6. The van der Waals surface area contributed by atoms with Gasteiger partial charge >= 0.3 is 5.97 Å². The van der Waals surface area contributed by atoms with Crippen LogP contribution in [0.2, 0.25) is 0 Å². The van der Waals surface area contributed by atoms with Crippen LogP contribution in [-0.4, -0.2) is 59.7 Å². The van der Waals surface area contributed by atoms with Gasteiger partial charge in [0.05, 0.1) is 11.5 Å². The van der Waals surface area contributed by atoms with Crippen LogP contribution in [0.25, 0.3) is 22.5 Å². The highest BCUT2D eigenvalue weighted by molar-refractivity contribution is 7.80. The van der Waals surface area contributed by atoms with Gasteiger partial charge in [0.25, 0.3) is 5.56 Å². The molecule has 2 heterocycles. The van der Waals surface area contributed by atoms with Crippen molar-refractivity contribution in [3.05, 3.63) is 81.5 Å². The van der Waals surface area contributed by atoms with E-state index < -0.39 is 5.97 Å². The molecule has 0 unspecified atom stereocenters. The summed E-state index contributed by atoms with van der Waals surface area (Å²) in [5.74, 6) is 0.808. The van der Waals surface area contributed by atoms with Gasteiger partial charge in [0.1, 0.15) is 5.82 Å². The lowest BCUT2D eigenvalue weighted by Gasteiger charge is -2.18. The van der Waals surface area contributed by atoms with Crippen LogP contribution in [0.3, 0.4) is 0 Å². The van der Waals surface area contributed by atoms with E-state index in [1.54, 1.807) is 4.57 Å². The zero-order chi connectivity index (χ0) is 29.5. The second-order valence-corrected chi connectivity index (χ2v) is 10.5. The first-order chi connectivity index (χ1) is 19.7. The lowest BCUT2D eigenvalue weighted by Crippen LogP contribution is -2.33. The number of benzene rings is 2. The lowest BCUT2D eigenvalue weighted by molar-refractivity contribution is -0.145. The van der Waals surface area contributed by atoms with Crippen molar-refractivity contribution in [1.29, 1.82) is 0 Å². The third kappa shape index (κ3) is 7.29. The number of esters is 1. The Bertz CT molecular complexity index is 1590. The second-order valence-electron chi connectivity index (χ2n) is 10.0. The monoisotopic (exact) mass is 573 g/mol. The van der Waals surface area contributed by atoms with Gasteiger partial charge in [-0.25, -0.2) is 4.98 Å². The number of unbranched alkanes of at least 4 members (excludes halogenated alkanes) is 1. The molecule has 2 aromatic heterocycles. The third-order valence-corrected chi connectivity index (χ3v) is 7.25. The maximum absolute atomic E-state index is 13.7. The molecule has 0 aliphatic rings. The molecule has 10 nitrogen and oxygen atoms in total. The number of carbonyl (C=O) groups is 1. The van der Waals surface area contributed by atoms with Crippen LogP contribution in [-0.2, 0) is 35.6 Å². The molecule has 0 aliphatic carbocycles. The largest absolute Gasteiger partial charge is 0.441 e. The molecule has 0 radical (unpaired) electrons. The van der Waals surface area contributed by atoms with Crippen molar-refractivity contribution >= 4 is 23.2 Å². The highest BCUT2D eigenvalue weighted by Crippen LogP contribution is 2.30. The summed E-state index contributed by atoms with van der Waals surface area (Å²) in [6.07, 6.45) is 3.10. The molecule has 4 rings (SSSR count). The van der Waals surface area contributed by atoms with Gasteiger partial charge < -0.3 is 9.64 Å². The quantitative estimate of drug-likeness (QED) is 0.193. The number of nitrogens with zero attached hydrogens (tertiary/aromatic N) is 7. The lowest BCUT2D eigenvalue weighted by atomic mass is 9.98. The van der Waals surface area contributed by atoms with Gasteiger partial charge in [0.15, 0.2) is 0 Å². The Balaban J connectivity index is 1.63. The van der Waals surface area contributed by atoms with Crippen LogP contribution < -0.4 is 5.56 Å². The summed E-state index contributed by atoms with van der Waals surface area (Å²) >= 11 is 5.50. The first kappa shape index (κ1) is 29.7. The van der Waals surface area contributed by atoms with Crippen molar-refractivity contribution < 1.29 is 9.53 Å². The van der Waals surface area contributed by atoms with E-state index in [0.717, 1.165) is 53.0 Å². The Morgan fingerprint density at radius 1 is 1.07 bits per heavy atom. The summed E-state index contributed by atoms with van der Waals surface area (Å²) in [5, 5.41) is 12.5. The number of hydrogen-bond donors (Lipinski definition) is 0. The number of thiocarbonyl (C=S) groups is 1. The molecule has 0 N–H and O–H groups in total. The van der Waals surface area contributed by atoms with Gasteiger partial charge in [-0.3, -0.25) is 14.2 Å². The zero-order valence-corrected chi connectivity index (χ0v) is 24.9. The number of hydrogen-bond acceptors (Lipinski definition) is 8. The first-order valence-electron chi connectivity index (χ1n) is 13.6. The molecule has 0 aliphatic heterocycles. The van der Waals surface area contributed by atoms with E-state index in [4.69, 9.17) is 21.9 Å². The maximum atomic E-state index is 13.7. The summed E-state index contributed by atoms with van der Waals surface area (Å²) in [4.78, 5) is 33.5. The minimum absolute atomic E-state index is 0.0369. The van der Waals surface area contributed by atoms with Crippen LogP contribution in [0, 0.1) is 6.92 Å². The highest BCUT2D eigenvalue weighted by atomic mass is 32.1. The summed E-state index contributed by atoms with van der Waals surface area (Å²) in [7, 11) is 3.78. The second kappa shape index (κ2) is 13.4. The van der Waals surface area contributed by atoms with Gasteiger partial charge in [-0.05, 0) is 35.2 Å². The van der Waals surface area contributed by atoms with E-state index in [1.807, 2.05) is 74.4 Å². The van der Waals surface area contributed by atoms with Crippen molar-refractivity contribution in [2.24, 2.45) is 0 Å². The number of carbonyl (C=O) groups excluding carboxylic acids is 1. The van der Waals surface area contributed by atoms with E-state index in [1.165, 1.54) is 11.7 Å². The van der Waals surface area contributed by atoms with Gasteiger partial charge in [-0.2, -0.15) is 0 Å². The molecule has 11 heteroatoms. The normalized spacial score (nSPS) is 11.0. The first-order valence-corrected chi connectivity index (χ1v) is 14.0. The van der Waals surface area contributed by atoms with E-state index in [0.29, 0.717) is 29.3 Å². The molecule has 0 amide bonds. The predicted octanol–water partition coefficient (Wildman–Crippen LogP) is 4.22. The number of aryl methyl sites for hydroxylation is 2. The molecule has 0 saturated heterocycles.